The van der Waals surface area contributed by atoms with Crippen molar-refractivity contribution in [2.24, 2.45) is 5.10 Å². The number of anilines is 1. The number of phenols is 1. The average molecular weight is 518 g/mol. The summed E-state index contributed by atoms with van der Waals surface area (Å²) >= 11 is 5.79. The van der Waals surface area contributed by atoms with Crippen LogP contribution in [-0.4, -0.2) is 30.2 Å². The quantitative estimate of drug-likeness (QED) is 0.219. The van der Waals surface area contributed by atoms with Crippen LogP contribution in [0.4, 0.5) is 18.9 Å². The summed E-state index contributed by atoms with van der Waals surface area (Å²) in [6, 6.07) is 13.2. The van der Waals surface area contributed by atoms with Crippen LogP contribution >= 0.6 is 11.6 Å². The molecule has 0 bridgehead atoms. The van der Waals surface area contributed by atoms with Crippen LogP contribution in [0, 0.1) is 0 Å². The van der Waals surface area contributed by atoms with E-state index in [-0.39, 0.29) is 27.6 Å². The fourth-order valence-corrected chi connectivity index (χ4v) is 3.12. The number of halogens is 4. The molecular formula is C25H19ClF3N3O4. The lowest BCUT2D eigenvalue weighted by Gasteiger charge is -2.10. The molecule has 0 fully saturated rings. The molecule has 0 saturated carbocycles. The van der Waals surface area contributed by atoms with E-state index in [0.29, 0.717) is 11.3 Å². The van der Waals surface area contributed by atoms with Crippen molar-refractivity contribution >= 4 is 41.4 Å². The molecule has 0 radical (unpaired) electrons. The number of rotatable bonds is 7. The molecule has 0 aliphatic carbocycles. The maximum Gasteiger partial charge on any atom is 0.416 e. The van der Waals surface area contributed by atoms with Gasteiger partial charge in [-0.15, -0.1) is 0 Å². The Kier molecular flexibility index (Phi) is 8.34. The van der Waals surface area contributed by atoms with Gasteiger partial charge in [0.2, 0.25) is 5.91 Å². The van der Waals surface area contributed by atoms with Crippen LogP contribution in [-0.2, 0) is 11.0 Å². The normalized spacial score (nSPS) is 11.6. The van der Waals surface area contributed by atoms with E-state index in [1.807, 2.05) is 0 Å². The fourth-order valence-electron chi connectivity index (χ4n) is 2.93. The molecule has 0 unspecified atom stereocenters. The molecule has 36 heavy (non-hydrogen) atoms. The second-order valence-corrected chi connectivity index (χ2v) is 7.68. The van der Waals surface area contributed by atoms with E-state index in [1.54, 1.807) is 12.1 Å². The molecule has 0 aliphatic rings. The number of nitrogens with one attached hydrogen (secondary N) is 2. The van der Waals surface area contributed by atoms with Gasteiger partial charge in [0.15, 0.2) is 0 Å². The first kappa shape index (κ1) is 26.3. The summed E-state index contributed by atoms with van der Waals surface area (Å²) in [7, 11) is 1.39. The van der Waals surface area contributed by atoms with E-state index in [0.717, 1.165) is 18.2 Å². The van der Waals surface area contributed by atoms with Crippen LogP contribution in [0.2, 0.25) is 5.02 Å². The SMILES string of the molecule is COc1cc(/C=N/NC(=O)c2ccc(O)c(Cl)c2)ccc1NC(=O)/C=C/c1cccc(C(F)(F)F)c1. The second-order valence-electron chi connectivity index (χ2n) is 7.27. The van der Waals surface area contributed by atoms with Gasteiger partial charge in [-0.3, -0.25) is 9.59 Å². The number of phenolic OH excluding ortho intramolecular Hbond substituents is 1. The molecule has 0 aromatic heterocycles. The largest absolute Gasteiger partial charge is 0.506 e. The van der Waals surface area contributed by atoms with Crippen molar-refractivity contribution in [3.8, 4) is 11.5 Å². The van der Waals surface area contributed by atoms with Crippen LogP contribution in [0.1, 0.15) is 27.0 Å². The number of hydrogen-bond acceptors (Lipinski definition) is 5. The average Bonchev–Trinajstić information content (AvgIpc) is 2.84. The molecule has 3 rings (SSSR count). The maximum atomic E-state index is 12.8. The molecule has 0 heterocycles. The molecular weight excluding hydrogens is 499 g/mol. The van der Waals surface area contributed by atoms with E-state index in [9.17, 15) is 27.9 Å². The first-order valence-electron chi connectivity index (χ1n) is 10.2. The van der Waals surface area contributed by atoms with Crippen molar-refractivity contribution in [2.45, 2.75) is 6.18 Å². The maximum absolute atomic E-state index is 12.8. The van der Waals surface area contributed by atoms with E-state index in [1.165, 1.54) is 55.8 Å². The molecule has 2 amide bonds. The molecule has 3 N–H and O–H groups in total. The number of nitrogens with zero attached hydrogens (tertiary/aromatic N) is 1. The lowest BCUT2D eigenvalue weighted by Crippen LogP contribution is -2.17. The highest BCUT2D eigenvalue weighted by Gasteiger charge is 2.30. The number of benzene rings is 3. The molecule has 3 aromatic carbocycles. The van der Waals surface area contributed by atoms with Crippen molar-refractivity contribution < 1.29 is 32.6 Å². The van der Waals surface area contributed by atoms with E-state index in [4.69, 9.17) is 16.3 Å². The van der Waals surface area contributed by atoms with Crippen LogP contribution in [0.15, 0.2) is 71.8 Å². The third-order valence-electron chi connectivity index (χ3n) is 4.71. The Morgan fingerprint density at radius 2 is 1.83 bits per heavy atom. The van der Waals surface area contributed by atoms with Crippen molar-refractivity contribution in [3.05, 3.63) is 94.0 Å². The van der Waals surface area contributed by atoms with Gasteiger partial charge in [-0.2, -0.15) is 18.3 Å². The Hall–Kier alpha value is -4.31. The Balaban J connectivity index is 1.64. The van der Waals surface area contributed by atoms with E-state index < -0.39 is 23.6 Å². The molecule has 0 aliphatic heterocycles. The smallest absolute Gasteiger partial charge is 0.416 e. The van der Waals surface area contributed by atoms with Gasteiger partial charge in [-0.25, -0.2) is 5.43 Å². The number of aromatic hydroxyl groups is 1. The summed E-state index contributed by atoms with van der Waals surface area (Å²) in [5.41, 5.74) is 2.78. The molecule has 0 saturated heterocycles. The van der Waals surface area contributed by atoms with Gasteiger partial charge in [0.05, 0.1) is 29.6 Å². The third kappa shape index (κ3) is 7.09. The molecule has 0 atom stereocenters. The van der Waals surface area contributed by atoms with E-state index >= 15 is 0 Å². The van der Waals surface area contributed by atoms with Crippen molar-refractivity contribution in [1.29, 1.82) is 0 Å². The van der Waals surface area contributed by atoms with Crippen molar-refractivity contribution in [2.75, 3.05) is 12.4 Å². The summed E-state index contributed by atoms with van der Waals surface area (Å²) in [6.07, 6.45) is -0.758. The molecule has 11 heteroatoms. The topological polar surface area (TPSA) is 100 Å². The fraction of sp³-hybridized carbons (Fsp3) is 0.0800. The summed E-state index contributed by atoms with van der Waals surface area (Å²) in [5.74, 6) is -0.984. The minimum Gasteiger partial charge on any atom is -0.506 e. The molecule has 7 nitrogen and oxygen atoms in total. The first-order chi connectivity index (χ1) is 17.1. The van der Waals surface area contributed by atoms with Gasteiger partial charge in [0.1, 0.15) is 11.5 Å². The second kappa shape index (κ2) is 11.4. The molecule has 186 valence electrons. The van der Waals surface area contributed by atoms with Gasteiger partial charge < -0.3 is 15.2 Å². The number of carbonyl (C=O) groups excluding carboxylic acids is 2. The number of hydrazone groups is 1. The van der Waals surface area contributed by atoms with Crippen molar-refractivity contribution in [1.82, 2.24) is 5.43 Å². The standard InChI is InChI=1S/C25H19ClF3N3O4/c1-36-22-12-16(14-30-32-24(35)17-7-9-21(33)19(26)13-17)5-8-20(22)31-23(34)10-6-15-3-2-4-18(11-15)25(27,28)29/h2-14,33H,1H3,(H,31,34)(H,32,35)/b10-6+,30-14+. The molecule has 3 aromatic rings. The number of amides is 2. The summed E-state index contributed by atoms with van der Waals surface area (Å²) in [5, 5.41) is 15.9. The summed E-state index contributed by atoms with van der Waals surface area (Å²) in [6.45, 7) is 0. The Morgan fingerprint density at radius 3 is 2.53 bits per heavy atom. The number of methoxy groups -OCH3 is 1. The zero-order valence-corrected chi connectivity index (χ0v) is 19.4. The van der Waals surface area contributed by atoms with Gasteiger partial charge >= 0.3 is 6.18 Å². The van der Waals surface area contributed by atoms with Crippen LogP contribution in [0.5, 0.6) is 11.5 Å². The third-order valence-corrected chi connectivity index (χ3v) is 5.02. The highest BCUT2D eigenvalue weighted by molar-refractivity contribution is 6.32. The highest BCUT2D eigenvalue weighted by Crippen LogP contribution is 2.30. The van der Waals surface area contributed by atoms with Gasteiger partial charge in [-0.1, -0.05) is 29.8 Å². The minimum atomic E-state index is -4.48. The summed E-state index contributed by atoms with van der Waals surface area (Å²) < 4.78 is 43.8. The van der Waals surface area contributed by atoms with Gasteiger partial charge in [0, 0.05) is 11.6 Å². The van der Waals surface area contributed by atoms with Gasteiger partial charge in [0.25, 0.3) is 5.91 Å². The Labute approximate surface area is 208 Å². The van der Waals surface area contributed by atoms with Crippen molar-refractivity contribution in [3.63, 3.8) is 0 Å². The number of hydrogen-bond donors (Lipinski definition) is 3. The predicted octanol–water partition coefficient (Wildman–Crippen LogP) is 5.49. The lowest BCUT2D eigenvalue weighted by atomic mass is 10.1. The summed E-state index contributed by atoms with van der Waals surface area (Å²) in [4.78, 5) is 24.4. The number of carbonyl (C=O) groups is 2. The Bertz CT molecular complexity index is 1340. The number of alkyl halides is 3. The minimum absolute atomic E-state index is 0.0265. The van der Waals surface area contributed by atoms with Gasteiger partial charge in [-0.05, 0) is 59.7 Å². The molecule has 0 spiro atoms. The highest BCUT2D eigenvalue weighted by atomic mass is 35.5. The Morgan fingerprint density at radius 1 is 1.06 bits per heavy atom. The predicted molar refractivity (Wildman–Crippen MR) is 130 cm³/mol. The zero-order chi connectivity index (χ0) is 26.3. The van der Waals surface area contributed by atoms with Crippen LogP contribution in [0.3, 0.4) is 0 Å². The lowest BCUT2D eigenvalue weighted by molar-refractivity contribution is -0.137. The van der Waals surface area contributed by atoms with E-state index in [2.05, 4.69) is 15.8 Å². The monoisotopic (exact) mass is 517 g/mol. The first-order valence-corrected chi connectivity index (χ1v) is 10.6. The number of ether oxygens (including phenoxy) is 1. The van der Waals surface area contributed by atoms with Crippen LogP contribution < -0.4 is 15.5 Å². The zero-order valence-electron chi connectivity index (χ0n) is 18.6. The van der Waals surface area contributed by atoms with Crippen LogP contribution in [0.25, 0.3) is 6.08 Å².